The smallest absolute Gasteiger partial charge is 0.407 e. The lowest BCUT2D eigenvalue weighted by molar-refractivity contribution is -0.0399. The molecule has 2 aliphatic carbocycles. The fraction of sp³-hybridized carbons (Fsp3) is 0.684. The van der Waals surface area contributed by atoms with Crippen LogP contribution >= 0.6 is 11.3 Å². The fourth-order valence-electron chi connectivity index (χ4n) is 3.29. The van der Waals surface area contributed by atoms with Crippen LogP contribution in [-0.4, -0.2) is 35.6 Å². The number of rotatable bonds is 4. The Morgan fingerprint density at radius 3 is 2.52 bits per heavy atom. The molecule has 3 rings (SSSR count). The molecule has 0 spiro atoms. The van der Waals surface area contributed by atoms with Gasteiger partial charge in [-0.1, -0.05) is 0 Å². The van der Waals surface area contributed by atoms with Gasteiger partial charge in [-0.15, -0.1) is 11.3 Å². The van der Waals surface area contributed by atoms with Crippen molar-refractivity contribution in [2.75, 3.05) is 0 Å². The van der Waals surface area contributed by atoms with Crippen molar-refractivity contribution in [3.63, 3.8) is 0 Å². The number of carbonyl (C=O) groups is 2. The molecule has 2 saturated carbocycles. The van der Waals surface area contributed by atoms with Gasteiger partial charge in [0.25, 0.3) is 5.91 Å². The molecule has 1 aromatic rings. The molecule has 2 N–H and O–H groups in total. The van der Waals surface area contributed by atoms with Crippen LogP contribution in [0.25, 0.3) is 0 Å². The molecule has 1 aromatic heterocycles. The summed E-state index contributed by atoms with van der Waals surface area (Å²) in [5, 5.41) is 7.63. The van der Waals surface area contributed by atoms with Gasteiger partial charge in [0.05, 0.1) is 4.88 Å². The molecular weight excluding hydrogens is 374 g/mol. The van der Waals surface area contributed by atoms with Crippen molar-refractivity contribution in [1.82, 2.24) is 10.6 Å². The number of alkyl halides is 2. The average Bonchev–Trinajstić information content (AvgIpc) is 3.10. The number of alkyl carbamates (subject to hydrolysis) is 1. The maximum absolute atomic E-state index is 13.2. The SMILES string of the molecule is CC(C)(C)OC(=O)N[C@@H]1C[C@H]1c1csc(C(=O)NC2CCC(F)(F)CC2)c1. The Morgan fingerprint density at radius 1 is 1.22 bits per heavy atom. The number of halogens is 2. The molecule has 0 saturated heterocycles. The van der Waals surface area contributed by atoms with E-state index in [0.717, 1.165) is 12.0 Å². The molecule has 0 aliphatic heterocycles. The highest BCUT2D eigenvalue weighted by atomic mass is 32.1. The zero-order valence-electron chi connectivity index (χ0n) is 15.8. The van der Waals surface area contributed by atoms with Crippen LogP contribution in [0.3, 0.4) is 0 Å². The summed E-state index contributed by atoms with van der Waals surface area (Å²) in [7, 11) is 0. The van der Waals surface area contributed by atoms with E-state index in [1.165, 1.54) is 11.3 Å². The molecule has 27 heavy (non-hydrogen) atoms. The summed E-state index contributed by atoms with van der Waals surface area (Å²) < 4.78 is 31.7. The van der Waals surface area contributed by atoms with Gasteiger partial charge in [0, 0.05) is 30.8 Å². The normalized spacial score (nSPS) is 24.9. The molecule has 0 radical (unpaired) electrons. The minimum Gasteiger partial charge on any atom is -0.444 e. The minimum atomic E-state index is -2.60. The predicted molar refractivity (Wildman–Crippen MR) is 99.5 cm³/mol. The molecule has 8 heteroatoms. The average molecular weight is 400 g/mol. The number of carbonyl (C=O) groups excluding carboxylic acids is 2. The predicted octanol–water partition coefficient (Wildman–Crippen LogP) is 4.44. The molecule has 0 aromatic carbocycles. The third-order valence-corrected chi connectivity index (χ3v) is 5.76. The van der Waals surface area contributed by atoms with Crippen molar-refractivity contribution in [2.45, 2.75) is 82.4 Å². The number of ether oxygens (including phenoxy) is 1. The zero-order valence-corrected chi connectivity index (χ0v) is 16.6. The molecule has 0 bridgehead atoms. The van der Waals surface area contributed by atoms with Crippen molar-refractivity contribution >= 4 is 23.3 Å². The second-order valence-corrected chi connectivity index (χ2v) is 9.35. The molecule has 2 aliphatic rings. The Morgan fingerprint density at radius 2 is 1.89 bits per heavy atom. The monoisotopic (exact) mass is 400 g/mol. The van der Waals surface area contributed by atoms with Gasteiger partial charge in [0.2, 0.25) is 5.92 Å². The highest BCUT2D eigenvalue weighted by Crippen LogP contribution is 2.42. The summed E-state index contributed by atoms with van der Waals surface area (Å²) in [5.74, 6) is -2.62. The highest BCUT2D eigenvalue weighted by molar-refractivity contribution is 7.12. The van der Waals surface area contributed by atoms with Crippen LogP contribution in [0.1, 0.15) is 74.0 Å². The summed E-state index contributed by atoms with van der Waals surface area (Å²) in [6.45, 7) is 5.44. The first-order chi connectivity index (χ1) is 12.5. The van der Waals surface area contributed by atoms with Crippen molar-refractivity contribution in [2.24, 2.45) is 0 Å². The Labute approximate surface area is 161 Å². The van der Waals surface area contributed by atoms with E-state index >= 15 is 0 Å². The van der Waals surface area contributed by atoms with Crippen molar-refractivity contribution in [3.05, 3.63) is 21.9 Å². The Kier molecular flexibility index (Phi) is 5.47. The van der Waals surface area contributed by atoms with E-state index in [2.05, 4.69) is 10.6 Å². The summed E-state index contributed by atoms with van der Waals surface area (Å²) in [5.41, 5.74) is 0.479. The van der Waals surface area contributed by atoms with Gasteiger partial charge in [-0.25, -0.2) is 13.6 Å². The Hall–Kier alpha value is -1.70. The van der Waals surface area contributed by atoms with Gasteiger partial charge in [-0.2, -0.15) is 0 Å². The molecular formula is C19H26F2N2O3S. The van der Waals surface area contributed by atoms with Gasteiger partial charge in [-0.3, -0.25) is 4.79 Å². The molecule has 1 heterocycles. The molecule has 150 valence electrons. The van der Waals surface area contributed by atoms with Gasteiger partial charge in [0.15, 0.2) is 0 Å². The van der Waals surface area contributed by atoms with E-state index in [4.69, 9.17) is 4.74 Å². The van der Waals surface area contributed by atoms with E-state index in [9.17, 15) is 18.4 Å². The fourth-order valence-corrected chi connectivity index (χ4v) is 4.16. The van der Waals surface area contributed by atoms with Gasteiger partial charge in [-0.05, 0) is 57.0 Å². The molecule has 2 atom stereocenters. The molecule has 2 amide bonds. The van der Waals surface area contributed by atoms with Crippen LogP contribution in [0.15, 0.2) is 11.4 Å². The quantitative estimate of drug-likeness (QED) is 0.785. The van der Waals surface area contributed by atoms with Crippen LogP contribution < -0.4 is 10.6 Å². The minimum absolute atomic E-state index is 0.0194. The Bertz CT molecular complexity index is 704. The van der Waals surface area contributed by atoms with E-state index in [-0.39, 0.29) is 36.8 Å². The first kappa shape index (κ1) is 20.0. The summed E-state index contributed by atoms with van der Waals surface area (Å²) >= 11 is 1.34. The lowest BCUT2D eigenvalue weighted by atomic mass is 9.92. The van der Waals surface area contributed by atoms with E-state index in [1.807, 2.05) is 32.2 Å². The maximum Gasteiger partial charge on any atom is 0.407 e. The van der Waals surface area contributed by atoms with Crippen LogP contribution in [0.5, 0.6) is 0 Å². The summed E-state index contributed by atoms with van der Waals surface area (Å²) in [6, 6.07) is 1.66. The number of hydrogen-bond donors (Lipinski definition) is 2. The first-order valence-electron chi connectivity index (χ1n) is 9.29. The summed E-state index contributed by atoms with van der Waals surface area (Å²) in [4.78, 5) is 24.8. The van der Waals surface area contributed by atoms with E-state index in [1.54, 1.807) is 0 Å². The van der Waals surface area contributed by atoms with Gasteiger partial charge >= 0.3 is 6.09 Å². The largest absolute Gasteiger partial charge is 0.444 e. The third kappa shape index (κ3) is 5.64. The maximum atomic E-state index is 13.2. The first-order valence-corrected chi connectivity index (χ1v) is 10.2. The summed E-state index contributed by atoms with van der Waals surface area (Å²) in [6.07, 6.45) is 0.649. The lowest BCUT2D eigenvalue weighted by Crippen LogP contribution is -2.40. The second-order valence-electron chi connectivity index (χ2n) is 8.44. The number of hydrogen-bond acceptors (Lipinski definition) is 4. The van der Waals surface area contributed by atoms with Crippen molar-refractivity contribution in [3.8, 4) is 0 Å². The lowest BCUT2D eigenvalue weighted by Gasteiger charge is -2.28. The van der Waals surface area contributed by atoms with Crippen LogP contribution in [0.4, 0.5) is 13.6 Å². The van der Waals surface area contributed by atoms with Crippen LogP contribution in [-0.2, 0) is 4.74 Å². The topological polar surface area (TPSA) is 67.4 Å². The highest BCUT2D eigenvalue weighted by Gasteiger charge is 2.41. The molecule has 2 fully saturated rings. The van der Waals surface area contributed by atoms with E-state index in [0.29, 0.717) is 17.7 Å². The molecule has 0 unspecified atom stereocenters. The zero-order chi connectivity index (χ0) is 19.8. The van der Waals surface area contributed by atoms with Gasteiger partial charge in [0.1, 0.15) is 5.60 Å². The number of nitrogens with one attached hydrogen (secondary N) is 2. The van der Waals surface area contributed by atoms with Gasteiger partial charge < -0.3 is 15.4 Å². The molecule has 5 nitrogen and oxygen atoms in total. The van der Waals surface area contributed by atoms with Crippen molar-refractivity contribution in [1.29, 1.82) is 0 Å². The number of amides is 2. The van der Waals surface area contributed by atoms with E-state index < -0.39 is 17.6 Å². The Balaban J connectivity index is 1.48. The van der Waals surface area contributed by atoms with Crippen LogP contribution in [0, 0.1) is 0 Å². The second kappa shape index (κ2) is 7.37. The van der Waals surface area contributed by atoms with Crippen molar-refractivity contribution < 1.29 is 23.1 Å². The third-order valence-electron chi connectivity index (χ3n) is 4.82. The standard InChI is InChI=1S/C19H26F2N2O3S/c1-18(2,3)26-17(25)23-14-9-13(14)11-8-15(27-10-11)16(24)22-12-4-6-19(20,21)7-5-12/h8,10,12-14H,4-7,9H2,1-3H3,(H,22,24)(H,23,25)/t13-,14+/m0/s1. The van der Waals surface area contributed by atoms with Crippen LogP contribution in [0.2, 0.25) is 0 Å². The number of thiophene rings is 1.